The minimum absolute atomic E-state index is 0.0395. The van der Waals surface area contributed by atoms with E-state index >= 15 is 0 Å². The van der Waals surface area contributed by atoms with Crippen molar-refractivity contribution in [1.29, 1.82) is 0 Å². The molecule has 3 aromatic heterocycles. The van der Waals surface area contributed by atoms with Crippen LogP contribution in [0.25, 0.3) is 11.0 Å². The number of nitrogens with zero attached hydrogens (tertiary/aromatic N) is 4. The van der Waals surface area contributed by atoms with Crippen LogP contribution in [0.5, 0.6) is 0 Å². The van der Waals surface area contributed by atoms with E-state index in [0.717, 1.165) is 4.90 Å². The van der Waals surface area contributed by atoms with E-state index in [-0.39, 0.29) is 45.3 Å². The number of β-lactam (4-membered cyclic amide) rings is 1. The van der Waals surface area contributed by atoms with Crippen LogP contribution in [0.3, 0.4) is 0 Å². The second kappa shape index (κ2) is 12.0. The largest absolute Gasteiger partial charge is 0.477 e. The quantitative estimate of drug-likeness (QED) is 0.0813. The van der Waals surface area contributed by atoms with Crippen LogP contribution in [0.15, 0.2) is 71.1 Å². The molecule has 15 nitrogen and oxygen atoms in total. The zero-order valence-corrected chi connectivity index (χ0v) is 24.5. The van der Waals surface area contributed by atoms with Gasteiger partial charge in [-0.15, -0.1) is 11.8 Å². The van der Waals surface area contributed by atoms with Gasteiger partial charge in [0.1, 0.15) is 39.9 Å². The van der Waals surface area contributed by atoms with E-state index in [1.54, 1.807) is 24.3 Å². The number of thiocarbonyl (C=S) groups is 1. The number of carboxylic acid groups (broad SMARTS) is 1. The summed E-state index contributed by atoms with van der Waals surface area (Å²) in [4.78, 5) is 73.7. The SMILES string of the molecule is O=C(O)C1=C(C(=S)c2cn[nH]n2)CS[C@H]2C(NC(=O)C(NC(=O)c3c[nH]c4cccnc4c3=O)c3ccc(CO)cc3)C(=O)N12. The summed E-state index contributed by atoms with van der Waals surface area (Å²) in [6.07, 6.45) is 3.98. The van der Waals surface area contributed by atoms with Gasteiger partial charge in [-0.25, -0.2) is 4.79 Å². The predicted octanol–water partition coefficient (Wildman–Crippen LogP) is 0.161. The van der Waals surface area contributed by atoms with Gasteiger partial charge in [-0.1, -0.05) is 36.5 Å². The lowest BCUT2D eigenvalue weighted by Gasteiger charge is -2.49. The molecule has 17 heteroatoms. The summed E-state index contributed by atoms with van der Waals surface area (Å²) in [6, 6.07) is 6.93. The monoisotopic (exact) mass is 646 g/mol. The number of rotatable bonds is 9. The Morgan fingerprint density at radius 2 is 1.96 bits per heavy atom. The summed E-state index contributed by atoms with van der Waals surface area (Å²) in [7, 11) is 0. The lowest BCUT2D eigenvalue weighted by molar-refractivity contribution is -0.150. The van der Waals surface area contributed by atoms with Gasteiger partial charge >= 0.3 is 5.97 Å². The number of carbonyl (C=O) groups excluding carboxylic acids is 3. The number of pyridine rings is 2. The summed E-state index contributed by atoms with van der Waals surface area (Å²) < 4.78 is 0. The number of hydrogen-bond donors (Lipinski definition) is 6. The number of fused-ring (bicyclic) bond motifs is 2. The third-order valence-electron chi connectivity index (χ3n) is 7.31. The molecule has 1 aromatic carbocycles. The maximum Gasteiger partial charge on any atom is 0.353 e. The van der Waals surface area contributed by atoms with Crippen molar-refractivity contribution < 1.29 is 29.4 Å². The topological polar surface area (TPSA) is 223 Å². The number of H-pyrrole nitrogens is 2. The van der Waals surface area contributed by atoms with Crippen LogP contribution in [0.2, 0.25) is 0 Å². The van der Waals surface area contributed by atoms with Gasteiger partial charge < -0.3 is 25.8 Å². The first-order chi connectivity index (χ1) is 21.7. The molecule has 2 unspecified atom stereocenters. The molecule has 0 aliphatic carbocycles. The molecule has 2 aliphatic rings. The van der Waals surface area contributed by atoms with E-state index in [2.05, 4.69) is 36.0 Å². The number of aliphatic hydroxyl groups excluding tert-OH is 1. The van der Waals surface area contributed by atoms with E-state index < -0.39 is 46.6 Å². The molecule has 2 aliphatic heterocycles. The van der Waals surface area contributed by atoms with Crippen LogP contribution in [0.4, 0.5) is 0 Å². The number of thioether (sulfide) groups is 1. The Morgan fingerprint density at radius 3 is 2.64 bits per heavy atom. The number of aliphatic carboxylic acids is 1. The molecule has 3 atom stereocenters. The molecule has 0 saturated carbocycles. The number of hydrogen-bond acceptors (Lipinski definition) is 11. The number of aromatic nitrogens is 5. The van der Waals surface area contributed by atoms with Gasteiger partial charge in [0.15, 0.2) is 0 Å². The first-order valence-corrected chi connectivity index (χ1v) is 14.7. The molecule has 6 rings (SSSR count). The zero-order valence-electron chi connectivity index (χ0n) is 22.9. The molecule has 0 radical (unpaired) electrons. The van der Waals surface area contributed by atoms with Crippen molar-refractivity contribution >= 4 is 63.6 Å². The fraction of sp³-hybridized carbons (Fsp3) is 0.179. The number of carbonyl (C=O) groups is 4. The highest BCUT2D eigenvalue weighted by Gasteiger charge is 2.55. The Kier molecular flexibility index (Phi) is 7.96. The van der Waals surface area contributed by atoms with Crippen LogP contribution in [-0.2, 0) is 21.0 Å². The van der Waals surface area contributed by atoms with Crippen molar-refractivity contribution in [3.8, 4) is 0 Å². The Bertz CT molecular complexity index is 1960. The highest BCUT2D eigenvalue weighted by atomic mass is 32.2. The van der Waals surface area contributed by atoms with Gasteiger partial charge in [-0.05, 0) is 23.3 Å². The third kappa shape index (κ3) is 5.36. The highest BCUT2D eigenvalue weighted by molar-refractivity contribution is 8.00. The Labute approximate surface area is 262 Å². The number of aromatic amines is 2. The molecular weight excluding hydrogens is 624 g/mol. The molecular formula is C28H22N8O7S2. The summed E-state index contributed by atoms with van der Waals surface area (Å²) in [5, 5.41) is 33.9. The van der Waals surface area contributed by atoms with E-state index in [1.165, 1.54) is 42.5 Å². The molecule has 3 amide bonds. The molecule has 4 aromatic rings. The minimum Gasteiger partial charge on any atom is -0.477 e. The number of amides is 3. The van der Waals surface area contributed by atoms with Crippen molar-refractivity contribution in [1.82, 2.24) is 40.9 Å². The van der Waals surface area contributed by atoms with E-state index in [1.807, 2.05) is 0 Å². The predicted molar refractivity (Wildman–Crippen MR) is 163 cm³/mol. The molecule has 1 saturated heterocycles. The summed E-state index contributed by atoms with van der Waals surface area (Å²) in [5.74, 6) is -3.58. The van der Waals surface area contributed by atoms with Crippen LogP contribution in [0.1, 0.15) is 33.2 Å². The number of nitrogens with one attached hydrogen (secondary N) is 4. The normalized spacial score (nSPS) is 18.2. The van der Waals surface area contributed by atoms with Gasteiger partial charge in [0, 0.05) is 23.7 Å². The smallest absolute Gasteiger partial charge is 0.353 e. The third-order valence-corrected chi connectivity index (χ3v) is 9.04. The molecule has 1 fully saturated rings. The van der Waals surface area contributed by atoms with Crippen molar-refractivity contribution in [2.24, 2.45) is 0 Å². The fourth-order valence-corrected chi connectivity index (χ4v) is 6.75. The van der Waals surface area contributed by atoms with Crippen molar-refractivity contribution in [2.45, 2.75) is 24.1 Å². The van der Waals surface area contributed by atoms with Gasteiger partial charge in [0.05, 0.1) is 23.2 Å². The van der Waals surface area contributed by atoms with Crippen molar-refractivity contribution in [3.63, 3.8) is 0 Å². The van der Waals surface area contributed by atoms with Gasteiger partial charge in [-0.3, -0.25) is 29.1 Å². The summed E-state index contributed by atoms with van der Waals surface area (Å²) >= 11 is 6.62. The van der Waals surface area contributed by atoms with Gasteiger partial charge in [-0.2, -0.15) is 15.4 Å². The first-order valence-electron chi connectivity index (χ1n) is 13.3. The zero-order chi connectivity index (χ0) is 31.8. The van der Waals surface area contributed by atoms with Crippen LogP contribution in [-0.4, -0.2) is 86.2 Å². The maximum atomic E-state index is 13.7. The second-order valence-electron chi connectivity index (χ2n) is 9.95. The van der Waals surface area contributed by atoms with Crippen LogP contribution in [0, 0.1) is 0 Å². The maximum absolute atomic E-state index is 13.7. The second-order valence-corrected chi connectivity index (χ2v) is 11.5. The number of aliphatic hydroxyl groups is 1. The number of carboxylic acids is 1. The molecule has 228 valence electrons. The van der Waals surface area contributed by atoms with E-state index in [4.69, 9.17) is 12.2 Å². The Hall–Kier alpha value is -5.26. The molecule has 0 spiro atoms. The van der Waals surface area contributed by atoms with Gasteiger partial charge in [0.25, 0.3) is 11.8 Å². The van der Waals surface area contributed by atoms with Crippen LogP contribution >= 0.6 is 24.0 Å². The Morgan fingerprint density at radius 1 is 1.18 bits per heavy atom. The average molecular weight is 647 g/mol. The lowest BCUT2D eigenvalue weighted by Crippen LogP contribution is -2.71. The summed E-state index contributed by atoms with van der Waals surface area (Å²) in [6.45, 7) is -0.254. The average Bonchev–Trinajstić information content (AvgIpc) is 3.60. The highest BCUT2D eigenvalue weighted by Crippen LogP contribution is 2.41. The molecule has 0 bridgehead atoms. The molecule has 5 heterocycles. The standard InChI is InChI=1S/C28H22N8O7S2/c37-10-12-3-5-13(6-4-12)18(32-24(39)14-8-30-16-2-1-7-29-19(16)22(14)38)25(40)33-20-26(41)36-21(28(42)43)15(11-45-27(20)36)23(44)17-9-31-35-34-17/h1-9,18,20,27,37H,10-11H2,(H,30,38)(H,32,39)(H,33,40)(H,42,43)(H,31,34,35)/t18?,20?,27-/m0/s1. The Balaban J connectivity index is 1.26. The van der Waals surface area contributed by atoms with E-state index in [0.29, 0.717) is 16.6 Å². The first kappa shape index (κ1) is 29.8. The fourth-order valence-electron chi connectivity index (χ4n) is 5.03. The number of benzene rings is 1. The molecule has 6 N–H and O–H groups in total. The summed E-state index contributed by atoms with van der Waals surface area (Å²) in [5.41, 5.74) is 0.548. The van der Waals surface area contributed by atoms with Crippen LogP contribution < -0.4 is 16.1 Å². The van der Waals surface area contributed by atoms with Gasteiger partial charge in [0.2, 0.25) is 11.3 Å². The van der Waals surface area contributed by atoms with Crippen molar-refractivity contribution in [2.75, 3.05) is 5.75 Å². The molecule has 45 heavy (non-hydrogen) atoms. The van der Waals surface area contributed by atoms with E-state index in [9.17, 15) is 34.2 Å². The minimum atomic E-state index is -1.37. The lowest BCUT2D eigenvalue weighted by atomic mass is 9.99. The van der Waals surface area contributed by atoms with Crippen molar-refractivity contribution in [3.05, 3.63) is 98.9 Å².